The molecule has 1 saturated heterocycles. The summed E-state index contributed by atoms with van der Waals surface area (Å²) >= 11 is 1.62. The predicted molar refractivity (Wildman–Crippen MR) is 49.3 cm³/mol. The zero-order valence-electron chi connectivity index (χ0n) is 6.95. The van der Waals surface area contributed by atoms with Crippen LogP contribution >= 0.6 is 11.3 Å². The molecule has 1 aliphatic rings. The highest BCUT2D eigenvalue weighted by Gasteiger charge is 2.30. The highest BCUT2D eigenvalue weighted by Crippen LogP contribution is 2.19. The smallest absolute Gasteiger partial charge is 0.230 e. The van der Waals surface area contributed by atoms with E-state index >= 15 is 0 Å². The lowest BCUT2D eigenvalue weighted by Gasteiger charge is -2.01. The van der Waals surface area contributed by atoms with Crippen LogP contribution in [0.25, 0.3) is 0 Å². The van der Waals surface area contributed by atoms with E-state index in [1.807, 2.05) is 17.5 Å². The molecule has 1 aliphatic heterocycles. The molecule has 1 aromatic heterocycles. The van der Waals surface area contributed by atoms with Gasteiger partial charge in [0.1, 0.15) is 0 Å². The Bertz CT molecular complexity index is 331. The lowest BCUT2D eigenvalue weighted by Crippen LogP contribution is -2.22. The highest BCUT2D eigenvalue weighted by molar-refractivity contribution is 7.09. The second kappa shape index (κ2) is 3.30. The normalized spacial score (nSPS) is 22.0. The second-order valence-corrected chi connectivity index (χ2v) is 4.13. The molecule has 3 nitrogen and oxygen atoms in total. The van der Waals surface area contributed by atoms with Crippen LogP contribution in [0.1, 0.15) is 11.3 Å². The number of imide groups is 1. The Hall–Kier alpha value is -1.16. The summed E-state index contributed by atoms with van der Waals surface area (Å²) in [5, 5.41) is 4.28. The fourth-order valence-electron chi connectivity index (χ4n) is 1.44. The van der Waals surface area contributed by atoms with Gasteiger partial charge in [-0.1, -0.05) is 6.07 Å². The number of hydrogen-bond acceptors (Lipinski definition) is 3. The van der Waals surface area contributed by atoms with Crippen LogP contribution in [0.15, 0.2) is 17.5 Å². The van der Waals surface area contributed by atoms with E-state index < -0.39 is 0 Å². The average Bonchev–Trinajstić information content (AvgIpc) is 2.63. The van der Waals surface area contributed by atoms with Crippen LogP contribution in [0, 0.1) is 5.92 Å². The van der Waals surface area contributed by atoms with E-state index in [4.69, 9.17) is 0 Å². The minimum absolute atomic E-state index is 0.126. The molecule has 1 aromatic rings. The van der Waals surface area contributed by atoms with Gasteiger partial charge >= 0.3 is 0 Å². The summed E-state index contributed by atoms with van der Waals surface area (Å²) in [5.41, 5.74) is 0. The van der Waals surface area contributed by atoms with Crippen molar-refractivity contribution in [1.82, 2.24) is 5.32 Å². The lowest BCUT2D eigenvalue weighted by atomic mass is 10.0. The molecule has 0 aromatic carbocycles. The Labute approximate surface area is 79.8 Å². The number of hydrogen-bond donors (Lipinski definition) is 1. The highest BCUT2D eigenvalue weighted by atomic mass is 32.1. The maximum Gasteiger partial charge on any atom is 0.230 e. The topological polar surface area (TPSA) is 46.2 Å². The number of nitrogens with one attached hydrogen (secondary N) is 1. The predicted octanol–water partition coefficient (Wildman–Crippen LogP) is 0.953. The molecule has 2 rings (SSSR count). The van der Waals surface area contributed by atoms with Gasteiger partial charge in [0.2, 0.25) is 11.8 Å². The van der Waals surface area contributed by atoms with Gasteiger partial charge in [-0.15, -0.1) is 11.3 Å². The van der Waals surface area contributed by atoms with Crippen LogP contribution in [0.2, 0.25) is 0 Å². The SMILES string of the molecule is O=C1CC(Cc2cccs2)C(=O)N1. The first-order valence-electron chi connectivity index (χ1n) is 4.12. The molecule has 1 unspecified atom stereocenters. The fourth-order valence-corrected chi connectivity index (χ4v) is 2.23. The molecule has 2 amide bonds. The standard InChI is InChI=1S/C9H9NO2S/c11-8-5-6(9(12)10-8)4-7-2-1-3-13-7/h1-3,6H,4-5H2,(H,10,11,12). The van der Waals surface area contributed by atoms with Gasteiger partial charge < -0.3 is 0 Å². The van der Waals surface area contributed by atoms with Crippen molar-refractivity contribution in [2.45, 2.75) is 12.8 Å². The molecule has 1 fully saturated rings. The third-order valence-corrected chi connectivity index (χ3v) is 2.99. The first kappa shape index (κ1) is 8.44. The first-order chi connectivity index (χ1) is 6.25. The third kappa shape index (κ3) is 1.78. The van der Waals surface area contributed by atoms with Crippen molar-refractivity contribution in [3.05, 3.63) is 22.4 Å². The molecule has 13 heavy (non-hydrogen) atoms. The summed E-state index contributed by atoms with van der Waals surface area (Å²) < 4.78 is 0. The summed E-state index contributed by atoms with van der Waals surface area (Å²) in [7, 11) is 0. The fraction of sp³-hybridized carbons (Fsp3) is 0.333. The second-order valence-electron chi connectivity index (χ2n) is 3.10. The molecule has 0 saturated carbocycles. The van der Waals surface area contributed by atoms with E-state index in [0.717, 1.165) is 4.88 Å². The van der Waals surface area contributed by atoms with Gasteiger partial charge in [0.15, 0.2) is 0 Å². The van der Waals surface area contributed by atoms with Crippen molar-refractivity contribution >= 4 is 23.2 Å². The third-order valence-electron chi connectivity index (χ3n) is 2.09. The van der Waals surface area contributed by atoms with Crippen LogP contribution < -0.4 is 5.32 Å². The quantitative estimate of drug-likeness (QED) is 0.714. The number of amides is 2. The minimum Gasteiger partial charge on any atom is -0.296 e. The lowest BCUT2D eigenvalue weighted by molar-refractivity contribution is -0.125. The number of rotatable bonds is 2. The minimum atomic E-state index is -0.147. The van der Waals surface area contributed by atoms with Crippen molar-refractivity contribution in [3.63, 3.8) is 0 Å². The molecule has 1 atom stereocenters. The van der Waals surface area contributed by atoms with E-state index in [-0.39, 0.29) is 17.7 Å². The van der Waals surface area contributed by atoms with Crippen LogP contribution in [0.5, 0.6) is 0 Å². The summed E-state index contributed by atoms with van der Waals surface area (Å²) in [5.74, 6) is -0.420. The van der Waals surface area contributed by atoms with Gasteiger partial charge in [0.25, 0.3) is 0 Å². The van der Waals surface area contributed by atoms with Gasteiger partial charge in [0.05, 0.1) is 5.92 Å². The van der Waals surface area contributed by atoms with Gasteiger partial charge in [-0.3, -0.25) is 14.9 Å². The van der Waals surface area contributed by atoms with Crippen LogP contribution in [-0.2, 0) is 16.0 Å². The number of carbonyl (C=O) groups excluding carboxylic acids is 2. The van der Waals surface area contributed by atoms with Gasteiger partial charge in [-0.2, -0.15) is 0 Å². The molecular weight excluding hydrogens is 186 g/mol. The summed E-state index contributed by atoms with van der Waals surface area (Å²) in [6.07, 6.45) is 1.03. The van der Waals surface area contributed by atoms with Crippen molar-refractivity contribution < 1.29 is 9.59 Å². The van der Waals surface area contributed by atoms with Gasteiger partial charge in [-0.05, 0) is 17.9 Å². The largest absolute Gasteiger partial charge is 0.296 e. The molecule has 0 aliphatic carbocycles. The van der Waals surface area contributed by atoms with E-state index in [0.29, 0.717) is 12.8 Å². The Morgan fingerprint density at radius 2 is 2.38 bits per heavy atom. The van der Waals surface area contributed by atoms with Crippen molar-refractivity contribution in [3.8, 4) is 0 Å². The van der Waals surface area contributed by atoms with Crippen molar-refractivity contribution in [1.29, 1.82) is 0 Å². The van der Waals surface area contributed by atoms with Crippen LogP contribution in [-0.4, -0.2) is 11.8 Å². The Balaban J connectivity index is 2.03. The van der Waals surface area contributed by atoms with E-state index in [2.05, 4.69) is 5.32 Å². The average molecular weight is 195 g/mol. The first-order valence-corrected chi connectivity index (χ1v) is 5.00. The van der Waals surface area contributed by atoms with E-state index in [9.17, 15) is 9.59 Å². The molecule has 0 bridgehead atoms. The zero-order chi connectivity index (χ0) is 9.26. The van der Waals surface area contributed by atoms with E-state index in [1.165, 1.54) is 0 Å². The Morgan fingerprint density at radius 1 is 1.54 bits per heavy atom. The number of thiophene rings is 1. The van der Waals surface area contributed by atoms with Crippen molar-refractivity contribution in [2.24, 2.45) is 5.92 Å². The van der Waals surface area contributed by atoms with Crippen LogP contribution in [0.4, 0.5) is 0 Å². The molecule has 2 heterocycles. The molecule has 4 heteroatoms. The zero-order valence-corrected chi connectivity index (χ0v) is 7.76. The molecule has 68 valence electrons. The molecule has 0 spiro atoms. The molecule has 1 N–H and O–H groups in total. The van der Waals surface area contributed by atoms with Gasteiger partial charge in [-0.25, -0.2) is 0 Å². The molecular formula is C9H9NO2S. The van der Waals surface area contributed by atoms with Gasteiger partial charge in [0, 0.05) is 11.3 Å². The summed E-state index contributed by atoms with van der Waals surface area (Å²) in [6.45, 7) is 0. The van der Waals surface area contributed by atoms with Crippen molar-refractivity contribution in [2.75, 3.05) is 0 Å². The van der Waals surface area contributed by atoms with Crippen LogP contribution in [0.3, 0.4) is 0 Å². The Morgan fingerprint density at radius 3 is 2.92 bits per heavy atom. The maximum atomic E-state index is 11.2. The summed E-state index contributed by atoms with van der Waals surface area (Å²) in [4.78, 5) is 23.2. The maximum absolute atomic E-state index is 11.2. The number of carbonyl (C=O) groups is 2. The monoisotopic (exact) mass is 195 g/mol. The molecule has 0 radical (unpaired) electrons. The Kier molecular flexibility index (Phi) is 2.14. The van der Waals surface area contributed by atoms with E-state index in [1.54, 1.807) is 11.3 Å². The summed E-state index contributed by atoms with van der Waals surface area (Å²) in [6, 6.07) is 3.94.